The second-order valence-corrected chi connectivity index (χ2v) is 9.11. The zero-order chi connectivity index (χ0) is 24.3. The van der Waals surface area contributed by atoms with Crippen LogP contribution in [0.5, 0.6) is 0 Å². The SMILES string of the molecule is CCN(CC)c1ccc(/C=C2/SC(N3CCN(c4cccc(C(F)(F)F)c4)CC3)=NC2=O)cc1. The number of benzene rings is 2. The Kier molecular flexibility index (Phi) is 7.21. The van der Waals surface area contributed by atoms with Gasteiger partial charge in [0, 0.05) is 50.6 Å². The molecule has 0 spiro atoms. The van der Waals surface area contributed by atoms with E-state index < -0.39 is 11.7 Å². The fourth-order valence-electron chi connectivity index (χ4n) is 4.09. The molecule has 0 aliphatic carbocycles. The number of alkyl halides is 3. The average Bonchev–Trinajstić information content (AvgIpc) is 3.20. The zero-order valence-corrected chi connectivity index (χ0v) is 20.0. The van der Waals surface area contributed by atoms with E-state index in [0.29, 0.717) is 41.9 Å². The van der Waals surface area contributed by atoms with Crippen molar-refractivity contribution in [3.63, 3.8) is 0 Å². The number of amidine groups is 1. The van der Waals surface area contributed by atoms with E-state index in [1.807, 2.05) is 28.0 Å². The fourth-order valence-corrected chi connectivity index (χ4v) is 5.05. The average molecular weight is 489 g/mol. The standard InChI is InChI=1S/C25H27F3N4OS/c1-3-30(4-2)20-10-8-18(9-11-20)16-22-23(33)29-24(34-22)32-14-12-31(13-15-32)21-7-5-6-19(17-21)25(26,27)28/h5-11,16-17H,3-4,12-15H2,1-2H3/b22-16+. The van der Waals surface area contributed by atoms with E-state index >= 15 is 0 Å². The van der Waals surface area contributed by atoms with Gasteiger partial charge < -0.3 is 14.7 Å². The monoisotopic (exact) mass is 488 g/mol. The van der Waals surface area contributed by atoms with Gasteiger partial charge in [-0.05, 0) is 67.6 Å². The van der Waals surface area contributed by atoms with Gasteiger partial charge in [0.2, 0.25) is 0 Å². The molecule has 0 atom stereocenters. The number of nitrogens with zero attached hydrogens (tertiary/aromatic N) is 4. The third-order valence-corrected chi connectivity index (χ3v) is 7.06. The topological polar surface area (TPSA) is 39.1 Å². The Morgan fingerprint density at radius 2 is 1.65 bits per heavy atom. The van der Waals surface area contributed by atoms with Crippen LogP contribution in [0.25, 0.3) is 6.08 Å². The summed E-state index contributed by atoms with van der Waals surface area (Å²) in [5.74, 6) is -0.256. The normalized spacial score (nSPS) is 18.0. The van der Waals surface area contributed by atoms with E-state index in [1.54, 1.807) is 6.07 Å². The Morgan fingerprint density at radius 3 is 2.26 bits per heavy atom. The number of rotatable bonds is 5. The molecule has 0 saturated carbocycles. The molecule has 2 aromatic carbocycles. The molecule has 1 amide bonds. The van der Waals surface area contributed by atoms with Crippen LogP contribution in [0.2, 0.25) is 0 Å². The summed E-state index contributed by atoms with van der Waals surface area (Å²) < 4.78 is 39.1. The molecule has 0 aromatic heterocycles. The highest BCUT2D eigenvalue weighted by Gasteiger charge is 2.32. The second kappa shape index (κ2) is 10.1. The minimum atomic E-state index is -4.36. The van der Waals surface area contributed by atoms with Crippen molar-refractivity contribution in [3.8, 4) is 0 Å². The predicted molar refractivity (Wildman–Crippen MR) is 133 cm³/mol. The lowest BCUT2D eigenvalue weighted by Crippen LogP contribution is -2.47. The van der Waals surface area contributed by atoms with E-state index in [1.165, 1.54) is 23.9 Å². The molecule has 4 rings (SSSR count). The number of hydrogen-bond donors (Lipinski definition) is 0. The highest BCUT2D eigenvalue weighted by molar-refractivity contribution is 8.18. The summed E-state index contributed by atoms with van der Waals surface area (Å²) in [5.41, 5.74) is 2.00. The Morgan fingerprint density at radius 1 is 1.00 bits per heavy atom. The molecule has 2 aromatic rings. The van der Waals surface area contributed by atoms with Crippen molar-refractivity contribution in [2.24, 2.45) is 4.99 Å². The molecule has 2 aliphatic rings. The van der Waals surface area contributed by atoms with Crippen molar-refractivity contribution in [1.82, 2.24) is 4.90 Å². The summed E-state index contributed by atoms with van der Waals surface area (Å²) in [6.07, 6.45) is -2.50. The van der Waals surface area contributed by atoms with Crippen LogP contribution in [0, 0.1) is 0 Å². The minimum absolute atomic E-state index is 0.256. The number of thioether (sulfide) groups is 1. The first-order chi connectivity index (χ1) is 16.3. The Hall–Kier alpha value is -2.94. The number of amides is 1. The molecule has 9 heteroatoms. The largest absolute Gasteiger partial charge is 0.416 e. The summed E-state index contributed by atoms with van der Waals surface area (Å²) >= 11 is 1.35. The Bertz CT molecular complexity index is 1090. The first-order valence-corrected chi connectivity index (χ1v) is 12.1. The third kappa shape index (κ3) is 5.41. The lowest BCUT2D eigenvalue weighted by Gasteiger charge is -2.36. The molecule has 0 bridgehead atoms. The van der Waals surface area contributed by atoms with Gasteiger partial charge in [0.15, 0.2) is 5.17 Å². The van der Waals surface area contributed by atoms with Gasteiger partial charge in [0.05, 0.1) is 10.5 Å². The molecular weight excluding hydrogens is 461 g/mol. The lowest BCUT2D eigenvalue weighted by molar-refractivity contribution is -0.137. The van der Waals surface area contributed by atoms with Gasteiger partial charge in [0.1, 0.15) is 0 Å². The maximum atomic E-state index is 13.0. The van der Waals surface area contributed by atoms with Crippen LogP contribution in [0.4, 0.5) is 24.5 Å². The summed E-state index contributed by atoms with van der Waals surface area (Å²) in [6, 6.07) is 13.5. The molecule has 0 radical (unpaired) electrons. The van der Waals surface area contributed by atoms with Crippen LogP contribution in [-0.4, -0.2) is 55.2 Å². The van der Waals surface area contributed by atoms with Crippen LogP contribution in [0.3, 0.4) is 0 Å². The van der Waals surface area contributed by atoms with E-state index in [0.717, 1.165) is 30.4 Å². The van der Waals surface area contributed by atoms with Crippen LogP contribution in [0.1, 0.15) is 25.0 Å². The van der Waals surface area contributed by atoms with Gasteiger partial charge >= 0.3 is 6.18 Å². The van der Waals surface area contributed by atoms with Crippen LogP contribution in [0.15, 0.2) is 58.4 Å². The van der Waals surface area contributed by atoms with Crippen molar-refractivity contribution >= 4 is 40.3 Å². The number of aliphatic imine (C=N–C) groups is 1. The van der Waals surface area contributed by atoms with E-state index in [4.69, 9.17) is 0 Å². The molecule has 1 fully saturated rings. The smallest absolute Gasteiger partial charge is 0.372 e. The van der Waals surface area contributed by atoms with Gasteiger partial charge in [-0.2, -0.15) is 18.2 Å². The molecule has 2 heterocycles. The maximum Gasteiger partial charge on any atom is 0.416 e. The van der Waals surface area contributed by atoms with Gasteiger partial charge in [0.25, 0.3) is 5.91 Å². The van der Waals surface area contributed by atoms with Gasteiger partial charge in [-0.3, -0.25) is 4.79 Å². The van der Waals surface area contributed by atoms with E-state index in [-0.39, 0.29) is 5.91 Å². The van der Waals surface area contributed by atoms with Crippen LogP contribution < -0.4 is 9.80 Å². The quantitative estimate of drug-likeness (QED) is 0.531. The predicted octanol–water partition coefficient (Wildman–Crippen LogP) is 5.34. The highest BCUT2D eigenvalue weighted by atomic mass is 32.2. The van der Waals surface area contributed by atoms with Crippen molar-refractivity contribution in [1.29, 1.82) is 0 Å². The molecule has 2 aliphatic heterocycles. The minimum Gasteiger partial charge on any atom is -0.372 e. The molecule has 180 valence electrons. The van der Waals surface area contributed by atoms with E-state index in [2.05, 4.69) is 35.9 Å². The molecule has 0 unspecified atom stereocenters. The number of halogens is 3. The summed E-state index contributed by atoms with van der Waals surface area (Å²) in [4.78, 5) is 23.5. The van der Waals surface area contributed by atoms with Crippen molar-refractivity contribution < 1.29 is 18.0 Å². The van der Waals surface area contributed by atoms with Crippen LogP contribution in [-0.2, 0) is 11.0 Å². The Balaban J connectivity index is 1.37. The van der Waals surface area contributed by atoms with Crippen molar-refractivity contribution in [3.05, 3.63) is 64.6 Å². The fraction of sp³-hybridized carbons (Fsp3) is 0.360. The number of hydrogen-bond acceptors (Lipinski definition) is 5. The van der Waals surface area contributed by atoms with Crippen LogP contribution >= 0.6 is 11.8 Å². The summed E-state index contributed by atoms with van der Waals surface area (Å²) in [7, 11) is 0. The molecule has 0 N–H and O–H groups in total. The molecular formula is C25H27F3N4OS. The molecule has 1 saturated heterocycles. The van der Waals surface area contributed by atoms with Gasteiger partial charge in [-0.1, -0.05) is 18.2 Å². The Labute approximate surface area is 201 Å². The number of anilines is 2. The number of piperazine rings is 1. The first-order valence-electron chi connectivity index (χ1n) is 11.3. The second-order valence-electron chi connectivity index (χ2n) is 8.10. The maximum absolute atomic E-state index is 13.0. The number of carbonyl (C=O) groups is 1. The lowest BCUT2D eigenvalue weighted by atomic mass is 10.1. The first kappa shape index (κ1) is 24.2. The highest BCUT2D eigenvalue weighted by Crippen LogP contribution is 2.33. The van der Waals surface area contributed by atoms with Crippen molar-refractivity contribution in [2.45, 2.75) is 20.0 Å². The zero-order valence-electron chi connectivity index (χ0n) is 19.2. The summed E-state index contributed by atoms with van der Waals surface area (Å²) in [5, 5.41) is 0.653. The van der Waals surface area contributed by atoms with E-state index in [9.17, 15) is 18.0 Å². The number of carbonyl (C=O) groups excluding carboxylic acids is 1. The molecule has 5 nitrogen and oxygen atoms in total. The van der Waals surface area contributed by atoms with Gasteiger partial charge in [-0.15, -0.1) is 0 Å². The van der Waals surface area contributed by atoms with Crippen molar-refractivity contribution in [2.75, 3.05) is 49.1 Å². The molecule has 34 heavy (non-hydrogen) atoms. The summed E-state index contributed by atoms with van der Waals surface area (Å²) in [6.45, 7) is 8.38. The third-order valence-electron chi connectivity index (χ3n) is 6.02. The van der Waals surface area contributed by atoms with Gasteiger partial charge in [-0.25, -0.2) is 0 Å².